The van der Waals surface area contributed by atoms with Crippen molar-refractivity contribution in [2.45, 2.75) is 0 Å². The van der Waals surface area contributed by atoms with Gasteiger partial charge in [0.2, 0.25) is 0 Å². The van der Waals surface area contributed by atoms with E-state index in [2.05, 4.69) is 0 Å². The number of rotatable bonds is 6. The van der Waals surface area contributed by atoms with Crippen LogP contribution in [-0.2, 0) is 4.79 Å². The minimum Gasteiger partial charge on any atom is -0.504 e. The summed E-state index contributed by atoms with van der Waals surface area (Å²) in [7, 11) is 4.36. The van der Waals surface area contributed by atoms with Gasteiger partial charge in [-0.05, 0) is 30.3 Å². The summed E-state index contributed by atoms with van der Waals surface area (Å²) in [5.74, 6) is -0.171. The normalized spacial score (nSPS) is 11.0. The minimum absolute atomic E-state index is 0.0469. The fraction of sp³-hybridized carbons (Fsp3) is 0.167. The van der Waals surface area contributed by atoms with E-state index in [1.54, 1.807) is 36.4 Å². The molecule has 0 saturated heterocycles. The molecule has 0 aliphatic rings. The Morgan fingerprint density at radius 2 is 1.71 bits per heavy atom. The number of carbonyl (C=O) groups is 1. The third kappa shape index (κ3) is 3.43. The molecule has 0 radical (unpaired) electrons. The number of benzene rings is 2. The maximum atomic E-state index is 11.8. The number of aliphatic carboxylic acids is 1. The van der Waals surface area contributed by atoms with Crippen molar-refractivity contribution < 1.29 is 29.2 Å². The summed E-state index contributed by atoms with van der Waals surface area (Å²) in [6, 6.07) is 9.69. The molecule has 0 bridgehead atoms. The molecule has 6 nitrogen and oxygen atoms in total. The first kappa shape index (κ1) is 17.2. The summed E-state index contributed by atoms with van der Waals surface area (Å²) in [5.41, 5.74) is 0.609. The van der Waals surface area contributed by atoms with Crippen molar-refractivity contribution in [2.24, 2.45) is 0 Å². The highest BCUT2D eigenvalue weighted by Crippen LogP contribution is 2.35. The van der Waals surface area contributed by atoms with Crippen LogP contribution in [0.5, 0.6) is 23.0 Å². The van der Waals surface area contributed by atoms with Crippen LogP contribution in [0.2, 0.25) is 0 Å². The van der Waals surface area contributed by atoms with Crippen molar-refractivity contribution in [3.8, 4) is 23.0 Å². The largest absolute Gasteiger partial charge is 0.504 e. The average molecular weight is 330 g/mol. The van der Waals surface area contributed by atoms with Crippen LogP contribution in [-0.4, -0.2) is 37.5 Å². The SMILES string of the molecule is COc1ccc(OC)c(/C(=C/c2cccc(OC)c2O)C(=O)O)c1. The molecule has 0 atom stereocenters. The zero-order chi connectivity index (χ0) is 17.7. The predicted molar refractivity (Wildman–Crippen MR) is 89.7 cm³/mol. The lowest BCUT2D eigenvalue weighted by atomic mass is 10.0. The molecule has 0 aromatic heterocycles. The second kappa shape index (κ2) is 7.41. The van der Waals surface area contributed by atoms with E-state index in [0.717, 1.165) is 0 Å². The number of para-hydroxylation sites is 1. The number of carboxylic acid groups (broad SMARTS) is 1. The van der Waals surface area contributed by atoms with Crippen LogP contribution in [0.3, 0.4) is 0 Å². The van der Waals surface area contributed by atoms with Gasteiger partial charge in [0.1, 0.15) is 11.5 Å². The van der Waals surface area contributed by atoms with Crippen LogP contribution in [0, 0.1) is 0 Å². The quantitative estimate of drug-likeness (QED) is 0.625. The van der Waals surface area contributed by atoms with Crippen LogP contribution in [0.25, 0.3) is 11.6 Å². The van der Waals surface area contributed by atoms with Gasteiger partial charge in [-0.3, -0.25) is 0 Å². The van der Waals surface area contributed by atoms with Crippen molar-refractivity contribution in [2.75, 3.05) is 21.3 Å². The second-order valence-corrected chi connectivity index (χ2v) is 4.83. The van der Waals surface area contributed by atoms with E-state index in [9.17, 15) is 15.0 Å². The van der Waals surface area contributed by atoms with Gasteiger partial charge in [0, 0.05) is 11.1 Å². The summed E-state index contributed by atoms with van der Waals surface area (Å²) in [5, 5.41) is 19.8. The van der Waals surface area contributed by atoms with Gasteiger partial charge in [0.05, 0.1) is 26.9 Å². The fourth-order valence-corrected chi connectivity index (χ4v) is 2.26. The number of phenolic OH excluding ortho intramolecular Hbond substituents is 1. The molecular formula is C18H18O6. The number of aromatic hydroxyl groups is 1. The Labute approximate surface area is 139 Å². The maximum absolute atomic E-state index is 11.8. The van der Waals surface area contributed by atoms with Gasteiger partial charge in [-0.1, -0.05) is 12.1 Å². The van der Waals surface area contributed by atoms with Crippen molar-refractivity contribution in [1.29, 1.82) is 0 Å². The number of hydrogen-bond donors (Lipinski definition) is 2. The molecule has 2 aromatic carbocycles. The number of hydrogen-bond acceptors (Lipinski definition) is 5. The van der Waals surface area contributed by atoms with Crippen LogP contribution < -0.4 is 14.2 Å². The molecule has 0 amide bonds. The Balaban J connectivity index is 2.65. The molecule has 2 N–H and O–H groups in total. The predicted octanol–water partition coefficient (Wildman–Crippen LogP) is 3.04. The first-order valence-corrected chi connectivity index (χ1v) is 7.05. The van der Waals surface area contributed by atoms with E-state index < -0.39 is 5.97 Å². The van der Waals surface area contributed by atoms with Crippen LogP contribution in [0.4, 0.5) is 0 Å². The van der Waals surface area contributed by atoms with E-state index in [4.69, 9.17) is 14.2 Å². The molecule has 0 aliphatic heterocycles. The van der Waals surface area contributed by atoms with E-state index in [-0.39, 0.29) is 17.1 Å². The van der Waals surface area contributed by atoms with Crippen LogP contribution in [0.1, 0.15) is 11.1 Å². The van der Waals surface area contributed by atoms with Crippen molar-refractivity contribution >= 4 is 17.6 Å². The summed E-state index contributed by atoms with van der Waals surface area (Å²) in [4.78, 5) is 11.8. The molecule has 6 heteroatoms. The minimum atomic E-state index is -1.16. The van der Waals surface area contributed by atoms with E-state index in [1.165, 1.54) is 27.4 Å². The summed E-state index contributed by atoms with van der Waals surface area (Å²) in [6.45, 7) is 0. The molecule has 126 valence electrons. The lowest BCUT2D eigenvalue weighted by Crippen LogP contribution is -2.02. The highest BCUT2D eigenvalue weighted by atomic mass is 16.5. The van der Waals surface area contributed by atoms with Gasteiger partial charge in [-0.2, -0.15) is 0 Å². The Bertz CT molecular complexity index is 779. The first-order chi connectivity index (χ1) is 11.5. The summed E-state index contributed by atoms with van der Waals surface area (Å²) in [6.07, 6.45) is 1.36. The molecule has 0 heterocycles. The maximum Gasteiger partial charge on any atom is 0.336 e. The molecule has 0 spiro atoms. The molecule has 0 aliphatic carbocycles. The van der Waals surface area contributed by atoms with Gasteiger partial charge in [-0.25, -0.2) is 4.79 Å². The van der Waals surface area contributed by atoms with Gasteiger partial charge in [0.25, 0.3) is 0 Å². The molecule has 0 fully saturated rings. The molecule has 2 aromatic rings. The standard InChI is InChI=1S/C18H18O6/c1-22-12-7-8-15(23-2)13(10-12)14(18(20)21)9-11-5-4-6-16(24-3)17(11)19/h4-10,19H,1-3H3,(H,20,21)/b14-9-. The Morgan fingerprint density at radius 1 is 1.00 bits per heavy atom. The second-order valence-electron chi connectivity index (χ2n) is 4.83. The topological polar surface area (TPSA) is 85.2 Å². The number of methoxy groups -OCH3 is 3. The van der Waals surface area contributed by atoms with E-state index >= 15 is 0 Å². The van der Waals surface area contributed by atoms with Gasteiger partial charge in [0.15, 0.2) is 11.5 Å². The van der Waals surface area contributed by atoms with Gasteiger partial charge >= 0.3 is 5.97 Å². The van der Waals surface area contributed by atoms with E-state index in [0.29, 0.717) is 22.6 Å². The van der Waals surface area contributed by atoms with Gasteiger partial charge < -0.3 is 24.4 Å². The fourth-order valence-electron chi connectivity index (χ4n) is 2.26. The van der Waals surface area contributed by atoms with Crippen LogP contribution >= 0.6 is 0 Å². The molecule has 0 saturated carbocycles. The third-order valence-corrected chi connectivity index (χ3v) is 3.48. The zero-order valence-corrected chi connectivity index (χ0v) is 13.6. The lowest BCUT2D eigenvalue weighted by molar-refractivity contribution is -0.130. The number of phenols is 1. The highest BCUT2D eigenvalue weighted by molar-refractivity contribution is 6.21. The molecule has 24 heavy (non-hydrogen) atoms. The summed E-state index contributed by atoms with van der Waals surface area (Å²) >= 11 is 0. The Hall–Kier alpha value is -3.15. The third-order valence-electron chi connectivity index (χ3n) is 3.48. The zero-order valence-electron chi connectivity index (χ0n) is 13.6. The van der Waals surface area contributed by atoms with E-state index in [1.807, 2.05) is 0 Å². The first-order valence-electron chi connectivity index (χ1n) is 7.05. The average Bonchev–Trinajstić information content (AvgIpc) is 2.60. The smallest absolute Gasteiger partial charge is 0.336 e. The monoisotopic (exact) mass is 330 g/mol. The molecule has 0 unspecified atom stereocenters. The lowest BCUT2D eigenvalue weighted by Gasteiger charge is -2.12. The number of ether oxygens (including phenoxy) is 3. The number of carboxylic acids is 1. The Kier molecular flexibility index (Phi) is 5.31. The van der Waals surface area contributed by atoms with Crippen LogP contribution in [0.15, 0.2) is 36.4 Å². The summed E-state index contributed by atoms with van der Waals surface area (Å²) < 4.78 is 15.4. The van der Waals surface area contributed by atoms with Crippen molar-refractivity contribution in [3.63, 3.8) is 0 Å². The highest BCUT2D eigenvalue weighted by Gasteiger charge is 2.18. The molecule has 2 rings (SSSR count). The van der Waals surface area contributed by atoms with Crippen molar-refractivity contribution in [1.82, 2.24) is 0 Å². The van der Waals surface area contributed by atoms with Gasteiger partial charge in [-0.15, -0.1) is 0 Å². The van der Waals surface area contributed by atoms with Crippen molar-refractivity contribution in [3.05, 3.63) is 47.5 Å². The Morgan fingerprint density at radius 3 is 2.29 bits per heavy atom. The molecular weight excluding hydrogens is 312 g/mol.